The van der Waals surface area contributed by atoms with Crippen LogP contribution in [-0.4, -0.2) is 18.5 Å². The number of anilines is 1. The highest BCUT2D eigenvalue weighted by atomic mass is 32.1. The SMILES string of the molecule is CCOC(=O)c1ccc(-c2ccc([C@H]3NC(=O)C(C#N)=C(S)N3c3ccccc3)o2)cc1. The standard InChI is InChI=1S/C24H19N3O4S/c1-2-30-24(29)16-10-8-15(9-11-16)19-12-13-20(31-19)21-26-22(28)18(14-25)23(32)27(21)17-6-4-3-5-7-17/h3-13,21,32H,2H2,1H3,(H,26,28)/t21-/m0/s1. The molecule has 3 aromatic rings. The van der Waals surface area contributed by atoms with Crippen molar-refractivity contribution < 1.29 is 18.7 Å². The van der Waals surface area contributed by atoms with Gasteiger partial charge in [-0.15, -0.1) is 12.6 Å². The minimum Gasteiger partial charge on any atom is -0.462 e. The molecule has 0 aliphatic carbocycles. The van der Waals surface area contributed by atoms with E-state index in [0.717, 1.165) is 11.3 Å². The summed E-state index contributed by atoms with van der Waals surface area (Å²) in [5.74, 6) is 0.124. The van der Waals surface area contributed by atoms with Crippen molar-refractivity contribution in [3.63, 3.8) is 0 Å². The predicted molar refractivity (Wildman–Crippen MR) is 122 cm³/mol. The lowest BCUT2D eigenvalue weighted by Crippen LogP contribution is -2.45. The van der Waals surface area contributed by atoms with Crippen molar-refractivity contribution >= 4 is 30.2 Å². The van der Waals surface area contributed by atoms with Crippen LogP contribution < -0.4 is 10.2 Å². The average molecular weight is 446 g/mol. The molecule has 32 heavy (non-hydrogen) atoms. The zero-order valence-corrected chi connectivity index (χ0v) is 18.0. The minimum absolute atomic E-state index is 0.0743. The highest BCUT2D eigenvalue weighted by Gasteiger charge is 2.35. The van der Waals surface area contributed by atoms with Gasteiger partial charge >= 0.3 is 5.97 Å². The van der Waals surface area contributed by atoms with E-state index in [9.17, 15) is 14.9 Å². The van der Waals surface area contributed by atoms with Crippen LogP contribution in [-0.2, 0) is 9.53 Å². The second-order valence-corrected chi connectivity index (χ2v) is 7.32. The van der Waals surface area contributed by atoms with E-state index in [0.29, 0.717) is 23.7 Å². The Morgan fingerprint density at radius 1 is 1.16 bits per heavy atom. The van der Waals surface area contributed by atoms with Crippen LogP contribution in [0, 0.1) is 11.3 Å². The predicted octanol–water partition coefficient (Wildman–Crippen LogP) is 4.42. The number of benzene rings is 2. The molecule has 1 aliphatic heterocycles. The summed E-state index contributed by atoms with van der Waals surface area (Å²) < 4.78 is 11.1. The van der Waals surface area contributed by atoms with E-state index in [2.05, 4.69) is 17.9 Å². The Morgan fingerprint density at radius 2 is 1.88 bits per heavy atom. The van der Waals surface area contributed by atoms with Crippen LogP contribution in [0.15, 0.2) is 81.7 Å². The maximum atomic E-state index is 12.5. The van der Waals surface area contributed by atoms with Crippen LogP contribution in [0.5, 0.6) is 0 Å². The van der Waals surface area contributed by atoms with Gasteiger partial charge in [0.05, 0.1) is 17.2 Å². The van der Waals surface area contributed by atoms with Gasteiger partial charge in [0.15, 0.2) is 6.17 Å². The number of thiol groups is 1. The zero-order valence-electron chi connectivity index (χ0n) is 17.1. The number of amides is 1. The van der Waals surface area contributed by atoms with Crippen LogP contribution in [0.3, 0.4) is 0 Å². The van der Waals surface area contributed by atoms with Crippen molar-refractivity contribution in [3.05, 3.63) is 88.7 Å². The summed E-state index contributed by atoms with van der Waals surface area (Å²) in [6.07, 6.45) is -0.693. The van der Waals surface area contributed by atoms with Crippen LogP contribution >= 0.6 is 12.6 Å². The number of nitrogens with zero attached hydrogens (tertiary/aromatic N) is 2. The van der Waals surface area contributed by atoms with Crippen molar-refractivity contribution in [3.8, 4) is 17.4 Å². The molecule has 2 heterocycles. The Balaban J connectivity index is 1.68. The van der Waals surface area contributed by atoms with Crippen LogP contribution in [0.25, 0.3) is 11.3 Å². The van der Waals surface area contributed by atoms with Gasteiger partial charge in [-0.3, -0.25) is 4.79 Å². The monoisotopic (exact) mass is 445 g/mol. The smallest absolute Gasteiger partial charge is 0.338 e. The van der Waals surface area contributed by atoms with Crippen molar-refractivity contribution in [2.45, 2.75) is 13.1 Å². The van der Waals surface area contributed by atoms with Crippen LogP contribution in [0.4, 0.5) is 5.69 Å². The number of furan rings is 1. The van der Waals surface area contributed by atoms with E-state index in [4.69, 9.17) is 9.15 Å². The first-order valence-corrected chi connectivity index (χ1v) is 10.3. The molecule has 2 aromatic carbocycles. The fourth-order valence-electron chi connectivity index (χ4n) is 3.40. The van der Waals surface area contributed by atoms with E-state index in [1.807, 2.05) is 36.4 Å². The Bertz CT molecular complexity index is 1230. The molecular formula is C24H19N3O4S. The van der Waals surface area contributed by atoms with E-state index >= 15 is 0 Å². The molecule has 0 spiro atoms. The topological polar surface area (TPSA) is 95.6 Å². The second kappa shape index (κ2) is 9.04. The van der Waals surface area contributed by atoms with Gasteiger partial charge < -0.3 is 19.4 Å². The highest BCUT2D eigenvalue weighted by Crippen LogP contribution is 2.37. The first-order valence-electron chi connectivity index (χ1n) is 9.89. The normalized spacial score (nSPS) is 15.8. The maximum Gasteiger partial charge on any atom is 0.338 e. The van der Waals surface area contributed by atoms with Gasteiger partial charge in [-0.25, -0.2) is 4.79 Å². The van der Waals surface area contributed by atoms with Crippen molar-refractivity contribution in [1.29, 1.82) is 5.26 Å². The lowest BCUT2D eigenvalue weighted by molar-refractivity contribution is -0.118. The van der Waals surface area contributed by atoms with Gasteiger partial charge in [0, 0.05) is 11.3 Å². The summed E-state index contributed by atoms with van der Waals surface area (Å²) >= 11 is 4.47. The highest BCUT2D eigenvalue weighted by molar-refractivity contribution is 7.84. The zero-order chi connectivity index (χ0) is 22.7. The molecule has 0 radical (unpaired) electrons. The molecule has 4 rings (SSSR count). The van der Waals surface area contributed by atoms with Gasteiger partial charge in [-0.1, -0.05) is 30.3 Å². The molecule has 1 atom stereocenters. The molecule has 8 heteroatoms. The molecule has 160 valence electrons. The molecule has 0 saturated carbocycles. The number of carbonyl (C=O) groups is 2. The summed E-state index contributed by atoms with van der Waals surface area (Å²) in [6, 6.07) is 21.6. The number of hydrogen-bond donors (Lipinski definition) is 2. The van der Waals surface area contributed by atoms with Gasteiger partial charge in [-0.05, 0) is 43.3 Å². The third-order valence-electron chi connectivity index (χ3n) is 4.93. The van der Waals surface area contributed by atoms with Crippen molar-refractivity contribution in [2.75, 3.05) is 11.5 Å². The lowest BCUT2D eigenvalue weighted by Gasteiger charge is -2.36. The van der Waals surface area contributed by atoms with Gasteiger partial charge in [-0.2, -0.15) is 5.26 Å². The Morgan fingerprint density at radius 3 is 2.53 bits per heavy atom. The minimum atomic E-state index is -0.693. The third-order valence-corrected chi connectivity index (χ3v) is 5.37. The molecule has 1 N–H and O–H groups in total. The number of ether oxygens (including phenoxy) is 1. The van der Waals surface area contributed by atoms with Crippen LogP contribution in [0.1, 0.15) is 29.2 Å². The number of carbonyl (C=O) groups excluding carboxylic acids is 2. The fourth-order valence-corrected chi connectivity index (χ4v) is 3.79. The number of rotatable bonds is 5. The lowest BCUT2D eigenvalue weighted by atomic mass is 10.1. The molecule has 0 fully saturated rings. The molecule has 0 saturated heterocycles. The van der Waals surface area contributed by atoms with Gasteiger partial charge in [0.25, 0.3) is 5.91 Å². The number of para-hydroxylation sites is 1. The summed E-state index contributed by atoms with van der Waals surface area (Å²) in [6.45, 7) is 2.06. The molecule has 0 bridgehead atoms. The van der Waals surface area contributed by atoms with Crippen molar-refractivity contribution in [2.24, 2.45) is 0 Å². The van der Waals surface area contributed by atoms with E-state index in [1.54, 1.807) is 48.2 Å². The first-order chi connectivity index (χ1) is 15.5. The summed E-state index contributed by atoms with van der Waals surface area (Å²) in [7, 11) is 0. The molecule has 1 aromatic heterocycles. The molecular weight excluding hydrogens is 426 g/mol. The summed E-state index contributed by atoms with van der Waals surface area (Å²) in [4.78, 5) is 26.1. The van der Waals surface area contributed by atoms with Crippen molar-refractivity contribution in [1.82, 2.24) is 5.32 Å². The molecule has 7 nitrogen and oxygen atoms in total. The molecule has 0 unspecified atom stereocenters. The Hall–Kier alpha value is -3.96. The van der Waals surface area contributed by atoms with Crippen LogP contribution in [0.2, 0.25) is 0 Å². The molecule has 1 aliphatic rings. The maximum absolute atomic E-state index is 12.5. The van der Waals surface area contributed by atoms with E-state index < -0.39 is 12.1 Å². The quantitative estimate of drug-likeness (QED) is 0.446. The number of esters is 1. The summed E-state index contributed by atoms with van der Waals surface area (Å²) in [5.41, 5.74) is 1.88. The van der Waals surface area contributed by atoms with Gasteiger partial charge in [0.1, 0.15) is 23.2 Å². The average Bonchev–Trinajstić information content (AvgIpc) is 3.30. The largest absolute Gasteiger partial charge is 0.462 e. The molecule has 1 amide bonds. The summed E-state index contributed by atoms with van der Waals surface area (Å²) in [5, 5.41) is 12.5. The Kier molecular flexibility index (Phi) is 6.01. The second-order valence-electron chi connectivity index (χ2n) is 6.89. The van der Waals surface area contributed by atoms with E-state index in [1.165, 1.54) is 0 Å². The third kappa shape index (κ3) is 3.98. The van der Waals surface area contributed by atoms with Gasteiger partial charge in [0.2, 0.25) is 0 Å². The first kappa shape index (κ1) is 21.3. The number of nitrogens with one attached hydrogen (secondary N) is 1. The number of nitriles is 1. The Labute approximate surface area is 190 Å². The fraction of sp³-hybridized carbons (Fsp3) is 0.125. The van der Waals surface area contributed by atoms with E-state index in [-0.39, 0.29) is 16.6 Å². The number of hydrogen-bond acceptors (Lipinski definition) is 7.